The summed E-state index contributed by atoms with van der Waals surface area (Å²) in [5.41, 5.74) is -1.32. The molecule has 0 aromatic carbocycles. The van der Waals surface area contributed by atoms with E-state index in [0.717, 1.165) is 25.7 Å². The fourth-order valence-electron chi connectivity index (χ4n) is 2.13. The number of amides is 1. The van der Waals surface area contributed by atoms with Crippen LogP contribution in [-0.4, -0.2) is 22.9 Å². The monoisotopic (exact) mass is 283 g/mol. The Kier molecular flexibility index (Phi) is 5.16. The first-order valence-corrected chi connectivity index (χ1v) is 7.47. The number of alkyl carbamates (subject to hydrolysis) is 1. The van der Waals surface area contributed by atoms with E-state index in [-0.39, 0.29) is 5.54 Å². The molecule has 1 aliphatic carbocycles. The Labute approximate surface area is 122 Å². The molecule has 0 heterocycles. The summed E-state index contributed by atoms with van der Waals surface area (Å²) in [5, 5.41) is 11.8. The van der Waals surface area contributed by atoms with Gasteiger partial charge in [0, 0.05) is 0 Å². The molecule has 1 N–H and O–H groups in total. The van der Waals surface area contributed by atoms with Crippen LogP contribution < -0.4 is 5.32 Å². The lowest BCUT2D eigenvalue weighted by atomic mass is 9.90. The minimum atomic E-state index is -0.589. The van der Waals surface area contributed by atoms with Crippen LogP contribution in [0.3, 0.4) is 0 Å². The Morgan fingerprint density at radius 3 is 2.05 bits per heavy atom. The highest BCUT2D eigenvalue weighted by atomic mass is 16.6. The summed E-state index contributed by atoms with van der Waals surface area (Å²) in [5.74, 6) is 0. The van der Waals surface area contributed by atoms with Gasteiger partial charge < -0.3 is 4.74 Å². The second-order valence-corrected chi connectivity index (χ2v) is 7.59. The first kappa shape index (κ1) is 16.9. The molecule has 20 heavy (non-hydrogen) atoms. The van der Waals surface area contributed by atoms with Crippen molar-refractivity contribution in [1.82, 2.24) is 5.32 Å². The molecule has 5 heteroatoms. The SMILES string of the molecule is CC(C)(C)N=NC1(NC(=O)OC(C)(C)C)CCCCC1. The van der Waals surface area contributed by atoms with E-state index >= 15 is 0 Å². The molecule has 0 atom stereocenters. The van der Waals surface area contributed by atoms with Gasteiger partial charge in [-0.2, -0.15) is 10.2 Å². The highest BCUT2D eigenvalue weighted by Crippen LogP contribution is 2.31. The maximum atomic E-state index is 12.0. The van der Waals surface area contributed by atoms with Crippen LogP contribution in [0.2, 0.25) is 0 Å². The Bertz CT molecular complexity index is 358. The van der Waals surface area contributed by atoms with Gasteiger partial charge in [0.2, 0.25) is 0 Å². The van der Waals surface area contributed by atoms with E-state index in [1.165, 1.54) is 6.42 Å². The molecule has 5 nitrogen and oxygen atoms in total. The van der Waals surface area contributed by atoms with Gasteiger partial charge in [-0.1, -0.05) is 6.42 Å². The van der Waals surface area contributed by atoms with Crippen molar-refractivity contribution in [2.75, 3.05) is 0 Å². The Balaban J connectivity index is 2.79. The van der Waals surface area contributed by atoms with Crippen LogP contribution in [0.1, 0.15) is 73.6 Å². The Morgan fingerprint density at radius 2 is 1.60 bits per heavy atom. The van der Waals surface area contributed by atoms with Crippen molar-refractivity contribution >= 4 is 6.09 Å². The standard InChI is InChI=1S/C15H29N3O2/c1-13(2,3)17-18-15(10-8-7-9-11-15)16-12(19)20-14(4,5)6/h7-11H2,1-6H3,(H,16,19). The zero-order chi connectivity index (χ0) is 15.4. The first-order valence-electron chi connectivity index (χ1n) is 7.47. The maximum Gasteiger partial charge on any atom is 0.409 e. The number of carbonyl (C=O) groups is 1. The molecule has 1 aliphatic rings. The van der Waals surface area contributed by atoms with E-state index in [4.69, 9.17) is 4.74 Å². The second-order valence-electron chi connectivity index (χ2n) is 7.59. The van der Waals surface area contributed by atoms with Crippen LogP contribution in [0, 0.1) is 0 Å². The summed E-state index contributed by atoms with van der Waals surface area (Å²) in [6, 6.07) is 0. The van der Waals surface area contributed by atoms with Crippen LogP contribution in [0.25, 0.3) is 0 Å². The molecule has 1 amide bonds. The topological polar surface area (TPSA) is 63.0 Å². The average molecular weight is 283 g/mol. The molecular weight excluding hydrogens is 254 g/mol. The zero-order valence-corrected chi connectivity index (χ0v) is 13.7. The largest absolute Gasteiger partial charge is 0.444 e. The maximum absolute atomic E-state index is 12.0. The second kappa shape index (κ2) is 6.10. The van der Waals surface area contributed by atoms with Crippen LogP contribution >= 0.6 is 0 Å². The lowest BCUT2D eigenvalue weighted by molar-refractivity contribution is 0.0422. The summed E-state index contributed by atoms with van der Waals surface area (Å²) in [7, 11) is 0. The third-order valence-corrected chi connectivity index (χ3v) is 2.96. The van der Waals surface area contributed by atoms with Gasteiger partial charge in [0.25, 0.3) is 0 Å². The van der Waals surface area contributed by atoms with E-state index < -0.39 is 17.4 Å². The van der Waals surface area contributed by atoms with Gasteiger partial charge in [-0.3, -0.25) is 5.32 Å². The minimum absolute atomic E-state index is 0.236. The van der Waals surface area contributed by atoms with Crippen molar-refractivity contribution in [1.29, 1.82) is 0 Å². The number of nitrogens with one attached hydrogen (secondary N) is 1. The lowest BCUT2D eigenvalue weighted by Gasteiger charge is -2.34. The average Bonchev–Trinajstić information content (AvgIpc) is 2.24. The van der Waals surface area contributed by atoms with Crippen molar-refractivity contribution in [3.8, 4) is 0 Å². The molecular formula is C15H29N3O2. The third-order valence-electron chi connectivity index (χ3n) is 2.96. The number of azo groups is 1. The van der Waals surface area contributed by atoms with Gasteiger partial charge in [-0.15, -0.1) is 0 Å². The number of hydrogen-bond donors (Lipinski definition) is 1. The summed E-state index contributed by atoms with van der Waals surface area (Å²) < 4.78 is 5.35. The number of hydrogen-bond acceptors (Lipinski definition) is 4. The van der Waals surface area contributed by atoms with E-state index in [2.05, 4.69) is 15.5 Å². The normalized spacial score (nSPS) is 19.9. The van der Waals surface area contributed by atoms with Crippen molar-refractivity contribution in [3.63, 3.8) is 0 Å². The van der Waals surface area contributed by atoms with Gasteiger partial charge in [0.1, 0.15) is 5.60 Å². The van der Waals surface area contributed by atoms with E-state index in [1.54, 1.807) is 0 Å². The van der Waals surface area contributed by atoms with E-state index in [9.17, 15) is 4.79 Å². The smallest absolute Gasteiger partial charge is 0.409 e. The number of nitrogens with zero attached hydrogens (tertiary/aromatic N) is 2. The van der Waals surface area contributed by atoms with Gasteiger partial charge in [0.15, 0.2) is 5.66 Å². The van der Waals surface area contributed by atoms with Gasteiger partial charge >= 0.3 is 6.09 Å². The van der Waals surface area contributed by atoms with E-state index in [1.807, 2.05) is 41.5 Å². The molecule has 0 bridgehead atoms. The molecule has 0 aliphatic heterocycles. The molecule has 0 saturated heterocycles. The summed E-state index contributed by atoms with van der Waals surface area (Å²) in [6.07, 6.45) is 4.53. The molecule has 1 saturated carbocycles. The minimum Gasteiger partial charge on any atom is -0.444 e. The van der Waals surface area contributed by atoms with Crippen molar-refractivity contribution in [2.45, 2.75) is 90.4 Å². The first-order chi connectivity index (χ1) is 9.02. The zero-order valence-electron chi connectivity index (χ0n) is 13.7. The quantitative estimate of drug-likeness (QED) is 0.762. The number of carbonyl (C=O) groups excluding carboxylic acids is 1. The molecule has 1 fully saturated rings. The van der Waals surface area contributed by atoms with Crippen LogP contribution in [0.15, 0.2) is 10.2 Å². The third kappa shape index (κ3) is 6.35. The fraction of sp³-hybridized carbons (Fsp3) is 0.933. The molecule has 0 radical (unpaired) electrons. The predicted octanol–water partition coefficient (Wildman–Crippen LogP) is 4.42. The fourth-order valence-corrected chi connectivity index (χ4v) is 2.13. The van der Waals surface area contributed by atoms with Gasteiger partial charge in [-0.05, 0) is 67.2 Å². The Hall–Kier alpha value is -1.13. The highest BCUT2D eigenvalue weighted by Gasteiger charge is 2.35. The summed E-state index contributed by atoms with van der Waals surface area (Å²) in [4.78, 5) is 12.0. The van der Waals surface area contributed by atoms with Crippen molar-refractivity contribution in [2.24, 2.45) is 10.2 Å². The summed E-state index contributed by atoms with van der Waals surface area (Å²) in [6.45, 7) is 11.6. The molecule has 0 unspecified atom stereocenters. The molecule has 0 aromatic rings. The lowest BCUT2D eigenvalue weighted by Crippen LogP contribution is -2.50. The molecule has 0 spiro atoms. The summed E-state index contributed by atoms with van der Waals surface area (Å²) >= 11 is 0. The van der Waals surface area contributed by atoms with Crippen molar-refractivity contribution in [3.05, 3.63) is 0 Å². The molecule has 0 aromatic heterocycles. The number of rotatable bonds is 2. The predicted molar refractivity (Wildman–Crippen MR) is 79.8 cm³/mol. The molecule has 1 rings (SSSR count). The number of ether oxygens (including phenoxy) is 1. The molecule has 116 valence electrons. The van der Waals surface area contributed by atoms with Crippen molar-refractivity contribution < 1.29 is 9.53 Å². The highest BCUT2D eigenvalue weighted by molar-refractivity contribution is 5.68. The van der Waals surface area contributed by atoms with E-state index in [0.29, 0.717) is 0 Å². The van der Waals surface area contributed by atoms with Crippen LogP contribution in [0.5, 0.6) is 0 Å². The Morgan fingerprint density at radius 1 is 1.05 bits per heavy atom. The van der Waals surface area contributed by atoms with Gasteiger partial charge in [-0.25, -0.2) is 4.79 Å². The van der Waals surface area contributed by atoms with Crippen LogP contribution in [-0.2, 0) is 4.74 Å². The van der Waals surface area contributed by atoms with Crippen LogP contribution in [0.4, 0.5) is 4.79 Å². The van der Waals surface area contributed by atoms with Gasteiger partial charge in [0.05, 0.1) is 5.54 Å².